The predicted octanol–water partition coefficient (Wildman–Crippen LogP) is 4.66. The third kappa shape index (κ3) is 4.42. The summed E-state index contributed by atoms with van der Waals surface area (Å²) in [5.41, 5.74) is 1.80. The molecule has 0 aliphatic carbocycles. The molecule has 1 amide bonds. The van der Waals surface area contributed by atoms with Crippen molar-refractivity contribution in [3.63, 3.8) is 0 Å². The summed E-state index contributed by atoms with van der Waals surface area (Å²) in [6.45, 7) is 7.20. The van der Waals surface area contributed by atoms with Gasteiger partial charge in [-0.1, -0.05) is 11.6 Å². The normalized spacial score (nSPS) is 18.3. The van der Waals surface area contributed by atoms with Gasteiger partial charge in [0.25, 0.3) is 0 Å². The van der Waals surface area contributed by atoms with E-state index >= 15 is 0 Å². The van der Waals surface area contributed by atoms with Crippen LogP contribution in [0, 0.1) is 5.82 Å². The van der Waals surface area contributed by atoms with Crippen LogP contribution in [-0.4, -0.2) is 54.9 Å². The Kier molecular flexibility index (Phi) is 6.31. The van der Waals surface area contributed by atoms with Crippen molar-refractivity contribution in [1.82, 2.24) is 29.6 Å². The highest BCUT2D eigenvalue weighted by molar-refractivity contribution is 6.30. The van der Waals surface area contributed by atoms with Gasteiger partial charge in [0, 0.05) is 24.0 Å². The van der Waals surface area contributed by atoms with Crippen LogP contribution >= 0.6 is 11.6 Å². The zero-order chi connectivity index (χ0) is 24.7. The second-order valence-corrected chi connectivity index (χ2v) is 9.65. The molecule has 11 heteroatoms. The topological polar surface area (TPSA) is 89.3 Å². The number of halogens is 2. The second-order valence-electron chi connectivity index (χ2n) is 9.22. The Bertz CT molecular complexity index is 1240. The summed E-state index contributed by atoms with van der Waals surface area (Å²) in [6.07, 6.45) is 3.43. The smallest absolute Gasteiger partial charge is 0.410 e. The van der Waals surface area contributed by atoms with E-state index in [2.05, 4.69) is 24.7 Å². The molecule has 35 heavy (non-hydrogen) atoms. The first kappa shape index (κ1) is 23.5. The molecule has 5 rings (SSSR count). The van der Waals surface area contributed by atoms with Crippen LogP contribution in [0.5, 0.6) is 0 Å². The molecule has 0 saturated carbocycles. The number of carbonyl (C=O) groups excluding carboxylic acids is 1. The summed E-state index contributed by atoms with van der Waals surface area (Å²) in [5, 5.41) is 9.71. The van der Waals surface area contributed by atoms with Gasteiger partial charge >= 0.3 is 6.09 Å². The Morgan fingerprint density at radius 1 is 1.20 bits per heavy atom. The summed E-state index contributed by atoms with van der Waals surface area (Å²) in [6, 6.07) is 5.30. The monoisotopic (exact) mass is 499 g/mol. The lowest BCUT2D eigenvalue weighted by atomic mass is 9.95. The molecule has 9 nitrogen and oxygen atoms in total. The molecule has 0 radical (unpaired) electrons. The SMILES string of the molecule is CC(C)OC(=O)N1Cc2cc(Cl)ccc2-n2c(C3CCN(c4ncncc4F)CC3)nnc2C1C. The number of nitrogens with zero attached hydrogens (tertiary/aromatic N) is 7. The van der Waals surface area contributed by atoms with Crippen LogP contribution in [0.2, 0.25) is 5.02 Å². The molecule has 2 aliphatic heterocycles. The molecule has 1 fully saturated rings. The van der Waals surface area contributed by atoms with E-state index in [1.165, 1.54) is 12.5 Å². The third-order valence-electron chi connectivity index (χ3n) is 6.56. The lowest BCUT2D eigenvalue weighted by Crippen LogP contribution is -2.35. The first-order chi connectivity index (χ1) is 16.8. The Morgan fingerprint density at radius 2 is 1.94 bits per heavy atom. The molecule has 1 saturated heterocycles. The number of amides is 1. The minimum Gasteiger partial charge on any atom is -0.447 e. The Labute approximate surface area is 207 Å². The van der Waals surface area contributed by atoms with Crippen molar-refractivity contribution < 1.29 is 13.9 Å². The average molecular weight is 500 g/mol. The van der Waals surface area contributed by atoms with Gasteiger partial charge in [0.15, 0.2) is 17.5 Å². The molecule has 1 aromatic carbocycles. The molecule has 4 heterocycles. The third-order valence-corrected chi connectivity index (χ3v) is 6.79. The zero-order valence-electron chi connectivity index (χ0n) is 19.9. The minimum absolute atomic E-state index is 0.113. The second kappa shape index (κ2) is 9.41. The predicted molar refractivity (Wildman–Crippen MR) is 128 cm³/mol. The maximum atomic E-state index is 14.2. The number of ether oxygens (including phenoxy) is 1. The van der Waals surface area contributed by atoms with Gasteiger partial charge in [-0.15, -0.1) is 10.2 Å². The minimum atomic E-state index is -0.421. The number of fused-ring (bicyclic) bond motifs is 3. The van der Waals surface area contributed by atoms with Crippen molar-refractivity contribution in [3.05, 3.63) is 58.8 Å². The van der Waals surface area contributed by atoms with E-state index < -0.39 is 11.9 Å². The fourth-order valence-corrected chi connectivity index (χ4v) is 5.02. The van der Waals surface area contributed by atoms with Gasteiger partial charge < -0.3 is 9.64 Å². The first-order valence-corrected chi connectivity index (χ1v) is 12.1. The van der Waals surface area contributed by atoms with E-state index in [4.69, 9.17) is 16.3 Å². The number of benzene rings is 1. The van der Waals surface area contributed by atoms with E-state index in [1.807, 2.05) is 43.9 Å². The molecule has 0 N–H and O–H groups in total. The molecule has 0 bridgehead atoms. The molecule has 1 atom stereocenters. The van der Waals surface area contributed by atoms with Crippen molar-refractivity contribution in [1.29, 1.82) is 0 Å². The van der Waals surface area contributed by atoms with Gasteiger partial charge in [-0.3, -0.25) is 9.47 Å². The van der Waals surface area contributed by atoms with Gasteiger partial charge in [-0.2, -0.15) is 0 Å². The molecule has 3 aromatic rings. The van der Waals surface area contributed by atoms with Crippen molar-refractivity contribution in [2.75, 3.05) is 18.0 Å². The first-order valence-electron chi connectivity index (χ1n) is 11.7. The lowest BCUT2D eigenvalue weighted by molar-refractivity contribution is 0.0618. The van der Waals surface area contributed by atoms with Gasteiger partial charge in [-0.05, 0) is 57.4 Å². The Balaban J connectivity index is 1.48. The average Bonchev–Trinajstić information content (AvgIpc) is 3.22. The highest BCUT2D eigenvalue weighted by Gasteiger charge is 2.36. The number of anilines is 1. The van der Waals surface area contributed by atoms with Crippen LogP contribution in [0.25, 0.3) is 5.69 Å². The van der Waals surface area contributed by atoms with Crippen LogP contribution in [-0.2, 0) is 11.3 Å². The summed E-state index contributed by atoms with van der Waals surface area (Å²) in [5.74, 6) is 1.52. The number of hydrogen-bond acceptors (Lipinski definition) is 7. The maximum Gasteiger partial charge on any atom is 0.410 e. The lowest BCUT2D eigenvalue weighted by Gasteiger charge is -2.32. The summed E-state index contributed by atoms with van der Waals surface area (Å²) >= 11 is 6.33. The van der Waals surface area contributed by atoms with Crippen molar-refractivity contribution >= 4 is 23.5 Å². The fourth-order valence-electron chi connectivity index (χ4n) is 4.83. The van der Waals surface area contributed by atoms with Crippen LogP contribution in [0.1, 0.15) is 62.8 Å². The number of hydrogen-bond donors (Lipinski definition) is 0. The van der Waals surface area contributed by atoms with Crippen LogP contribution in [0.4, 0.5) is 15.0 Å². The van der Waals surface area contributed by atoms with Gasteiger partial charge in [-0.25, -0.2) is 19.2 Å². The number of piperidine rings is 1. The molecule has 2 aromatic heterocycles. The van der Waals surface area contributed by atoms with E-state index in [0.29, 0.717) is 36.3 Å². The van der Waals surface area contributed by atoms with Crippen molar-refractivity contribution in [3.8, 4) is 5.69 Å². The Hall–Kier alpha value is -3.27. The molecule has 1 unspecified atom stereocenters. The molecule has 184 valence electrons. The summed E-state index contributed by atoms with van der Waals surface area (Å²) in [7, 11) is 0. The van der Waals surface area contributed by atoms with E-state index in [1.54, 1.807) is 4.90 Å². The highest BCUT2D eigenvalue weighted by atomic mass is 35.5. The summed E-state index contributed by atoms with van der Waals surface area (Å²) < 4.78 is 21.8. The van der Waals surface area contributed by atoms with Crippen LogP contribution < -0.4 is 4.90 Å². The highest BCUT2D eigenvalue weighted by Crippen LogP contribution is 2.37. The van der Waals surface area contributed by atoms with E-state index in [9.17, 15) is 9.18 Å². The zero-order valence-corrected chi connectivity index (χ0v) is 20.6. The molecule has 2 aliphatic rings. The maximum absolute atomic E-state index is 14.2. The van der Waals surface area contributed by atoms with Gasteiger partial charge in [0.2, 0.25) is 0 Å². The molecular weight excluding hydrogens is 473 g/mol. The van der Waals surface area contributed by atoms with Crippen LogP contribution in [0.3, 0.4) is 0 Å². The Morgan fingerprint density at radius 3 is 2.66 bits per heavy atom. The van der Waals surface area contributed by atoms with Gasteiger partial charge in [0.1, 0.15) is 12.2 Å². The number of aromatic nitrogens is 5. The number of carbonyl (C=O) groups is 1. The standard InChI is InChI=1S/C24H27ClFN7O2/c1-14(2)35-24(34)32-12-17-10-18(25)4-5-20(17)33-21(15(32)3)29-30-22(33)16-6-8-31(9-7-16)23-19(26)11-27-13-28-23/h4-5,10-11,13-16H,6-9,12H2,1-3H3. The van der Waals surface area contributed by atoms with Gasteiger partial charge in [0.05, 0.1) is 30.6 Å². The number of rotatable bonds is 3. The molecular formula is C24H27ClFN7O2. The van der Waals surface area contributed by atoms with Crippen LogP contribution in [0.15, 0.2) is 30.7 Å². The quantitative estimate of drug-likeness (QED) is 0.518. The largest absolute Gasteiger partial charge is 0.447 e. The van der Waals surface area contributed by atoms with E-state index in [-0.39, 0.29) is 18.1 Å². The fraction of sp³-hybridized carbons (Fsp3) is 0.458. The van der Waals surface area contributed by atoms with Crippen molar-refractivity contribution in [2.45, 2.75) is 58.2 Å². The molecule has 0 spiro atoms. The van der Waals surface area contributed by atoms with Crippen molar-refractivity contribution in [2.24, 2.45) is 0 Å². The van der Waals surface area contributed by atoms with E-state index in [0.717, 1.165) is 29.9 Å². The summed E-state index contributed by atoms with van der Waals surface area (Å²) in [4.78, 5) is 24.4.